The van der Waals surface area contributed by atoms with E-state index in [1.165, 1.54) is 18.9 Å². The van der Waals surface area contributed by atoms with Crippen LogP contribution in [0, 0.1) is 17.6 Å². The van der Waals surface area contributed by atoms with Crippen LogP contribution in [0.5, 0.6) is 0 Å². The van der Waals surface area contributed by atoms with Gasteiger partial charge in [0.05, 0.1) is 6.10 Å². The molecule has 1 aliphatic rings. The maximum atomic E-state index is 13.1. The van der Waals surface area contributed by atoms with Crippen LogP contribution in [-0.2, 0) is 0 Å². The van der Waals surface area contributed by atoms with Gasteiger partial charge >= 0.3 is 0 Å². The van der Waals surface area contributed by atoms with Gasteiger partial charge in [-0.05, 0) is 43.9 Å². The molecule has 1 fully saturated rings. The summed E-state index contributed by atoms with van der Waals surface area (Å²) in [6.07, 6.45) is 2.87. The normalized spacial score (nSPS) is 20.1. The third kappa shape index (κ3) is 3.98. The molecule has 2 rings (SSSR count). The predicted molar refractivity (Wildman–Crippen MR) is 70.7 cm³/mol. The third-order valence-electron chi connectivity index (χ3n) is 3.69. The summed E-state index contributed by atoms with van der Waals surface area (Å²) in [6.45, 7) is 3.95. The average Bonchev–Trinajstić information content (AvgIpc) is 3.15. The van der Waals surface area contributed by atoms with Gasteiger partial charge in [0.25, 0.3) is 0 Å². The summed E-state index contributed by atoms with van der Waals surface area (Å²) in [5.41, 5.74) is 0.400. The van der Waals surface area contributed by atoms with Crippen molar-refractivity contribution in [3.05, 3.63) is 35.4 Å². The molecular formula is C15H21F2NO. The van der Waals surface area contributed by atoms with Gasteiger partial charge in [-0.2, -0.15) is 0 Å². The quantitative estimate of drug-likeness (QED) is 0.831. The molecule has 3 unspecified atom stereocenters. The molecule has 0 bridgehead atoms. The molecule has 0 saturated heterocycles. The van der Waals surface area contributed by atoms with Crippen molar-refractivity contribution in [2.24, 2.45) is 5.92 Å². The van der Waals surface area contributed by atoms with Crippen LogP contribution in [0.2, 0.25) is 0 Å². The second-order valence-corrected chi connectivity index (χ2v) is 5.65. The Morgan fingerprint density at radius 1 is 1.26 bits per heavy atom. The number of aliphatic hydroxyl groups is 1. The Balaban J connectivity index is 1.92. The van der Waals surface area contributed by atoms with E-state index in [1.807, 2.05) is 6.92 Å². The Labute approximate surface area is 112 Å². The van der Waals surface area contributed by atoms with Crippen LogP contribution in [0.4, 0.5) is 8.78 Å². The lowest BCUT2D eigenvalue weighted by Gasteiger charge is -2.24. The van der Waals surface area contributed by atoms with Crippen molar-refractivity contribution in [1.82, 2.24) is 5.32 Å². The van der Waals surface area contributed by atoms with E-state index >= 15 is 0 Å². The van der Waals surface area contributed by atoms with Gasteiger partial charge in [0.15, 0.2) is 11.6 Å². The molecule has 19 heavy (non-hydrogen) atoms. The summed E-state index contributed by atoms with van der Waals surface area (Å²) in [5, 5.41) is 13.5. The molecule has 0 aliphatic heterocycles. The number of benzene rings is 1. The van der Waals surface area contributed by atoms with Crippen LogP contribution in [0.3, 0.4) is 0 Å². The Morgan fingerprint density at radius 3 is 2.53 bits per heavy atom. The van der Waals surface area contributed by atoms with E-state index in [-0.39, 0.29) is 6.04 Å². The minimum absolute atomic E-state index is 0.196. The number of rotatable bonds is 6. The fourth-order valence-electron chi connectivity index (χ4n) is 2.45. The molecule has 2 N–H and O–H groups in total. The van der Waals surface area contributed by atoms with Crippen molar-refractivity contribution in [1.29, 1.82) is 0 Å². The van der Waals surface area contributed by atoms with E-state index in [0.29, 0.717) is 11.6 Å². The Kier molecular flexibility index (Phi) is 4.53. The summed E-state index contributed by atoms with van der Waals surface area (Å²) in [4.78, 5) is 0. The first-order chi connectivity index (χ1) is 8.97. The SMILES string of the molecule is CC(CC1CC1)NC(C)C(O)c1ccc(F)c(F)c1. The molecule has 0 aromatic heterocycles. The topological polar surface area (TPSA) is 32.3 Å². The molecule has 1 aromatic rings. The van der Waals surface area contributed by atoms with Crippen LogP contribution >= 0.6 is 0 Å². The van der Waals surface area contributed by atoms with Gasteiger partial charge in [0, 0.05) is 12.1 Å². The van der Waals surface area contributed by atoms with E-state index in [0.717, 1.165) is 24.5 Å². The standard InChI is InChI=1S/C15H21F2NO/c1-9(7-11-3-4-11)18-10(2)15(19)12-5-6-13(16)14(17)8-12/h5-6,8-11,15,18-19H,3-4,7H2,1-2H3. The maximum absolute atomic E-state index is 13.1. The van der Waals surface area contributed by atoms with Gasteiger partial charge in [0.1, 0.15) is 0 Å². The highest BCUT2D eigenvalue weighted by atomic mass is 19.2. The van der Waals surface area contributed by atoms with Crippen molar-refractivity contribution in [2.75, 3.05) is 0 Å². The summed E-state index contributed by atoms with van der Waals surface area (Å²) in [6, 6.07) is 3.66. The van der Waals surface area contributed by atoms with Gasteiger partial charge in [-0.3, -0.25) is 0 Å². The van der Waals surface area contributed by atoms with Crippen molar-refractivity contribution in [2.45, 2.75) is 51.3 Å². The van der Waals surface area contributed by atoms with E-state index in [1.54, 1.807) is 0 Å². The zero-order valence-electron chi connectivity index (χ0n) is 11.4. The van der Waals surface area contributed by atoms with E-state index in [2.05, 4.69) is 12.2 Å². The Morgan fingerprint density at radius 2 is 1.95 bits per heavy atom. The summed E-state index contributed by atoms with van der Waals surface area (Å²) in [7, 11) is 0. The van der Waals surface area contributed by atoms with Crippen LogP contribution in [0.25, 0.3) is 0 Å². The van der Waals surface area contributed by atoms with Crippen molar-refractivity contribution in [3.8, 4) is 0 Å². The molecule has 2 nitrogen and oxygen atoms in total. The number of halogens is 2. The third-order valence-corrected chi connectivity index (χ3v) is 3.69. The first-order valence-corrected chi connectivity index (χ1v) is 6.86. The van der Waals surface area contributed by atoms with Crippen molar-refractivity contribution in [3.63, 3.8) is 0 Å². The van der Waals surface area contributed by atoms with Gasteiger partial charge in [-0.1, -0.05) is 18.9 Å². The fourth-order valence-corrected chi connectivity index (χ4v) is 2.45. The average molecular weight is 269 g/mol. The zero-order valence-corrected chi connectivity index (χ0v) is 11.4. The summed E-state index contributed by atoms with van der Waals surface area (Å²) < 4.78 is 26.0. The Bertz CT molecular complexity index is 434. The molecule has 0 spiro atoms. The highest BCUT2D eigenvalue weighted by Gasteiger charge is 2.25. The van der Waals surface area contributed by atoms with Crippen LogP contribution in [0.15, 0.2) is 18.2 Å². The summed E-state index contributed by atoms with van der Waals surface area (Å²) in [5.74, 6) is -0.997. The number of hydrogen-bond acceptors (Lipinski definition) is 2. The number of aliphatic hydroxyl groups excluding tert-OH is 1. The van der Waals surface area contributed by atoms with Crippen molar-refractivity contribution >= 4 is 0 Å². The first kappa shape index (κ1) is 14.4. The lowest BCUT2D eigenvalue weighted by molar-refractivity contribution is 0.129. The predicted octanol–water partition coefficient (Wildman–Crippen LogP) is 3.16. The molecule has 1 aromatic carbocycles. The lowest BCUT2D eigenvalue weighted by atomic mass is 10.0. The smallest absolute Gasteiger partial charge is 0.159 e. The van der Waals surface area contributed by atoms with Gasteiger partial charge in [-0.15, -0.1) is 0 Å². The minimum Gasteiger partial charge on any atom is -0.387 e. The molecule has 0 radical (unpaired) electrons. The van der Waals surface area contributed by atoms with Crippen molar-refractivity contribution < 1.29 is 13.9 Å². The second kappa shape index (κ2) is 5.97. The minimum atomic E-state index is -0.922. The van der Waals surface area contributed by atoms with Gasteiger partial charge < -0.3 is 10.4 Å². The van der Waals surface area contributed by atoms with E-state index in [9.17, 15) is 13.9 Å². The van der Waals surface area contributed by atoms with Crippen LogP contribution < -0.4 is 5.32 Å². The largest absolute Gasteiger partial charge is 0.387 e. The van der Waals surface area contributed by atoms with Gasteiger partial charge in [0.2, 0.25) is 0 Å². The summed E-state index contributed by atoms with van der Waals surface area (Å²) >= 11 is 0. The fraction of sp³-hybridized carbons (Fsp3) is 0.600. The molecule has 4 heteroatoms. The number of hydrogen-bond donors (Lipinski definition) is 2. The molecule has 1 saturated carbocycles. The second-order valence-electron chi connectivity index (χ2n) is 5.65. The molecule has 0 heterocycles. The zero-order chi connectivity index (χ0) is 14.0. The molecule has 0 amide bonds. The molecule has 106 valence electrons. The van der Waals surface area contributed by atoms with E-state index < -0.39 is 17.7 Å². The number of nitrogens with one attached hydrogen (secondary N) is 1. The van der Waals surface area contributed by atoms with Crippen LogP contribution in [0.1, 0.15) is 44.8 Å². The molecular weight excluding hydrogens is 248 g/mol. The van der Waals surface area contributed by atoms with Gasteiger partial charge in [-0.25, -0.2) is 8.78 Å². The lowest BCUT2D eigenvalue weighted by Crippen LogP contribution is -2.38. The molecule has 1 aliphatic carbocycles. The monoisotopic (exact) mass is 269 g/mol. The van der Waals surface area contributed by atoms with Crippen LogP contribution in [-0.4, -0.2) is 17.2 Å². The Hall–Kier alpha value is -1.00. The molecule has 3 atom stereocenters. The maximum Gasteiger partial charge on any atom is 0.159 e. The van der Waals surface area contributed by atoms with E-state index in [4.69, 9.17) is 0 Å². The highest BCUT2D eigenvalue weighted by Crippen LogP contribution is 2.33. The highest BCUT2D eigenvalue weighted by molar-refractivity contribution is 5.21. The first-order valence-electron chi connectivity index (χ1n) is 6.86.